The summed E-state index contributed by atoms with van der Waals surface area (Å²) in [6.45, 7) is 2.15. The molecular weight excluding hydrogens is 264 g/mol. The van der Waals surface area contributed by atoms with E-state index in [4.69, 9.17) is 16.7 Å². The van der Waals surface area contributed by atoms with Gasteiger partial charge in [-0.05, 0) is 31.3 Å². The maximum atomic E-state index is 5.22. The second-order valence-corrected chi connectivity index (χ2v) is 4.30. The smallest absolute Gasteiger partial charge is 0.246 e. The maximum absolute atomic E-state index is 5.22. The molecule has 0 amide bonds. The molecule has 19 heavy (non-hydrogen) atoms. The maximum Gasteiger partial charge on any atom is 0.246 e. The average molecular weight is 274 g/mol. The van der Waals surface area contributed by atoms with Crippen LogP contribution < -0.4 is 0 Å². The Morgan fingerprint density at radius 1 is 1.37 bits per heavy atom. The van der Waals surface area contributed by atoms with Gasteiger partial charge in [-0.1, -0.05) is 5.16 Å². The van der Waals surface area contributed by atoms with Gasteiger partial charge in [-0.25, -0.2) is 0 Å². The SMILES string of the molecule is Cc1noc(Cn2c(-c3ccncc3)n[nH]c2=S)n1. The van der Waals surface area contributed by atoms with Crippen molar-refractivity contribution in [3.8, 4) is 11.4 Å². The highest BCUT2D eigenvalue weighted by molar-refractivity contribution is 7.71. The Kier molecular flexibility index (Phi) is 2.92. The molecule has 0 aliphatic rings. The van der Waals surface area contributed by atoms with Crippen molar-refractivity contribution < 1.29 is 4.52 Å². The van der Waals surface area contributed by atoms with E-state index in [2.05, 4.69) is 25.3 Å². The molecule has 3 heterocycles. The number of aromatic nitrogens is 6. The Labute approximate surface area is 113 Å². The first-order chi connectivity index (χ1) is 9.24. The number of H-pyrrole nitrogens is 1. The van der Waals surface area contributed by atoms with Crippen molar-refractivity contribution in [2.24, 2.45) is 0 Å². The second-order valence-electron chi connectivity index (χ2n) is 3.91. The van der Waals surface area contributed by atoms with E-state index in [0.29, 0.717) is 28.9 Å². The van der Waals surface area contributed by atoms with Gasteiger partial charge in [0, 0.05) is 18.0 Å². The molecule has 0 saturated heterocycles. The van der Waals surface area contributed by atoms with Crippen LogP contribution in [0.25, 0.3) is 11.4 Å². The van der Waals surface area contributed by atoms with Gasteiger partial charge in [0.05, 0.1) is 0 Å². The van der Waals surface area contributed by atoms with Crippen molar-refractivity contribution in [2.45, 2.75) is 13.5 Å². The highest BCUT2D eigenvalue weighted by Gasteiger charge is 2.12. The molecule has 8 heteroatoms. The minimum absolute atomic E-state index is 0.383. The molecule has 0 radical (unpaired) electrons. The molecule has 3 aromatic rings. The monoisotopic (exact) mass is 274 g/mol. The molecule has 0 saturated carbocycles. The number of pyridine rings is 1. The standard InChI is InChI=1S/C11H10N6OS/c1-7-13-9(18-16-7)6-17-10(14-15-11(17)19)8-2-4-12-5-3-8/h2-5H,6H2,1H3,(H,15,19). The zero-order valence-electron chi connectivity index (χ0n) is 10.1. The molecule has 96 valence electrons. The van der Waals surface area contributed by atoms with E-state index in [-0.39, 0.29) is 0 Å². The summed E-state index contributed by atoms with van der Waals surface area (Å²) in [7, 11) is 0. The molecule has 0 aromatic carbocycles. The van der Waals surface area contributed by atoms with Crippen LogP contribution in [-0.2, 0) is 6.54 Å². The highest BCUT2D eigenvalue weighted by atomic mass is 32.1. The fraction of sp³-hybridized carbons (Fsp3) is 0.182. The molecule has 0 aliphatic carbocycles. The van der Waals surface area contributed by atoms with Gasteiger partial charge in [-0.3, -0.25) is 14.6 Å². The van der Waals surface area contributed by atoms with E-state index >= 15 is 0 Å². The number of aryl methyl sites for hydroxylation is 1. The minimum Gasteiger partial charge on any atom is -0.337 e. The summed E-state index contributed by atoms with van der Waals surface area (Å²) in [5.41, 5.74) is 0.915. The molecule has 0 unspecified atom stereocenters. The van der Waals surface area contributed by atoms with Crippen LogP contribution in [0.5, 0.6) is 0 Å². The van der Waals surface area contributed by atoms with Crippen LogP contribution in [0.1, 0.15) is 11.7 Å². The van der Waals surface area contributed by atoms with E-state index in [0.717, 1.165) is 5.56 Å². The average Bonchev–Trinajstić information content (AvgIpc) is 2.99. The molecule has 0 bridgehead atoms. The number of nitrogens with one attached hydrogen (secondary N) is 1. The second kappa shape index (κ2) is 4.73. The molecule has 3 rings (SSSR count). The minimum atomic E-state index is 0.383. The number of rotatable bonds is 3. The van der Waals surface area contributed by atoms with Gasteiger partial charge in [0.1, 0.15) is 6.54 Å². The van der Waals surface area contributed by atoms with Crippen molar-refractivity contribution >= 4 is 12.2 Å². The summed E-state index contributed by atoms with van der Waals surface area (Å²) in [5.74, 6) is 1.80. The van der Waals surface area contributed by atoms with Gasteiger partial charge in [-0.15, -0.1) is 0 Å². The fourth-order valence-electron chi connectivity index (χ4n) is 1.73. The molecule has 0 fully saturated rings. The van der Waals surface area contributed by atoms with Gasteiger partial charge < -0.3 is 4.52 Å². The first-order valence-corrected chi connectivity index (χ1v) is 5.99. The van der Waals surface area contributed by atoms with Crippen LogP contribution >= 0.6 is 12.2 Å². The zero-order valence-corrected chi connectivity index (χ0v) is 10.9. The molecule has 3 aromatic heterocycles. The number of aromatic amines is 1. The third-order valence-corrected chi connectivity index (χ3v) is 2.87. The molecule has 0 aliphatic heterocycles. The van der Waals surface area contributed by atoms with Gasteiger partial charge >= 0.3 is 0 Å². The lowest BCUT2D eigenvalue weighted by Gasteiger charge is -2.03. The summed E-state index contributed by atoms with van der Waals surface area (Å²) in [6, 6.07) is 3.72. The number of nitrogens with zero attached hydrogens (tertiary/aromatic N) is 5. The van der Waals surface area contributed by atoms with E-state index < -0.39 is 0 Å². The van der Waals surface area contributed by atoms with Crippen LogP contribution in [0.15, 0.2) is 29.0 Å². The van der Waals surface area contributed by atoms with Gasteiger partial charge in [0.15, 0.2) is 16.4 Å². The Morgan fingerprint density at radius 3 is 2.84 bits per heavy atom. The molecule has 0 spiro atoms. The zero-order chi connectivity index (χ0) is 13.2. The summed E-state index contributed by atoms with van der Waals surface area (Å²) in [5, 5.41) is 10.7. The van der Waals surface area contributed by atoms with Gasteiger partial charge in [0.25, 0.3) is 0 Å². The summed E-state index contributed by atoms with van der Waals surface area (Å²) < 4.78 is 7.41. The molecular formula is C11H10N6OS. The summed E-state index contributed by atoms with van der Waals surface area (Å²) in [4.78, 5) is 8.14. The predicted molar refractivity (Wildman–Crippen MR) is 68.8 cm³/mol. The lowest BCUT2D eigenvalue weighted by atomic mass is 10.2. The van der Waals surface area contributed by atoms with Crippen LogP contribution in [0.3, 0.4) is 0 Å². The van der Waals surface area contributed by atoms with Crippen molar-refractivity contribution in [3.05, 3.63) is 41.0 Å². The first kappa shape index (κ1) is 11.7. The van der Waals surface area contributed by atoms with Gasteiger partial charge in [-0.2, -0.15) is 10.1 Å². The lowest BCUT2D eigenvalue weighted by Crippen LogP contribution is -2.03. The fourth-order valence-corrected chi connectivity index (χ4v) is 1.92. The van der Waals surface area contributed by atoms with Crippen molar-refractivity contribution in [1.82, 2.24) is 29.9 Å². The third kappa shape index (κ3) is 2.29. The summed E-state index contributed by atoms with van der Waals surface area (Å²) in [6.07, 6.45) is 3.41. The molecule has 7 nitrogen and oxygen atoms in total. The predicted octanol–water partition coefficient (Wildman–Crippen LogP) is 1.74. The number of hydrogen-bond donors (Lipinski definition) is 1. The van der Waals surface area contributed by atoms with E-state index in [1.165, 1.54) is 0 Å². The first-order valence-electron chi connectivity index (χ1n) is 5.59. The van der Waals surface area contributed by atoms with Crippen molar-refractivity contribution in [1.29, 1.82) is 0 Å². The Morgan fingerprint density at radius 2 is 2.16 bits per heavy atom. The quantitative estimate of drug-likeness (QED) is 0.732. The van der Waals surface area contributed by atoms with Crippen molar-refractivity contribution in [3.63, 3.8) is 0 Å². The van der Waals surface area contributed by atoms with Gasteiger partial charge in [0.2, 0.25) is 5.89 Å². The third-order valence-electron chi connectivity index (χ3n) is 2.56. The van der Waals surface area contributed by atoms with Crippen molar-refractivity contribution in [2.75, 3.05) is 0 Å². The normalized spacial score (nSPS) is 10.8. The summed E-state index contributed by atoms with van der Waals surface area (Å²) >= 11 is 5.22. The Hall–Kier alpha value is -2.35. The largest absolute Gasteiger partial charge is 0.337 e. The van der Waals surface area contributed by atoms with Crippen LogP contribution in [0.2, 0.25) is 0 Å². The Bertz CT molecular complexity index is 744. The van der Waals surface area contributed by atoms with Crippen LogP contribution in [0.4, 0.5) is 0 Å². The van der Waals surface area contributed by atoms with Crippen LogP contribution in [0, 0.1) is 11.7 Å². The van der Waals surface area contributed by atoms with E-state index in [1.807, 2.05) is 12.1 Å². The topological polar surface area (TPSA) is 85.4 Å². The molecule has 1 N–H and O–H groups in total. The lowest BCUT2D eigenvalue weighted by molar-refractivity contribution is 0.367. The van der Waals surface area contributed by atoms with E-state index in [1.54, 1.807) is 23.9 Å². The van der Waals surface area contributed by atoms with Crippen LogP contribution in [-0.4, -0.2) is 29.9 Å². The Balaban J connectivity index is 2.02. The molecule has 0 atom stereocenters. The van der Waals surface area contributed by atoms with E-state index in [9.17, 15) is 0 Å². The highest BCUT2D eigenvalue weighted by Crippen LogP contribution is 2.16. The number of hydrogen-bond acceptors (Lipinski definition) is 6.